The summed E-state index contributed by atoms with van der Waals surface area (Å²) in [6.07, 6.45) is 2.17. The summed E-state index contributed by atoms with van der Waals surface area (Å²) in [5.41, 5.74) is 1.13. The van der Waals surface area contributed by atoms with Crippen LogP contribution < -0.4 is 21.3 Å². The number of ether oxygens (including phenoxy) is 1. The molecule has 31 heavy (non-hydrogen) atoms. The number of hydrogen-bond donors (Lipinski definition) is 2. The fraction of sp³-hybridized carbons (Fsp3) is 0.174. The van der Waals surface area contributed by atoms with Gasteiger partial charge in [0.1, 0.15) is 11.3 Å². The summed E-state index contributed by atoms with van der Waals surface area (Å²) in [7, 11) is 3.28. The van der Waals surface area contributed by atoms with Gasteiger partial charge in [0, 0.05) is 19.8 Å². The van der Waals surface area contributed by atoms with Gasteiger partial charge in [0.15, 0.2) is 0 Å². The second-order valence-corrected chi connectivity index (χ2v) is 7.14. The topological polar surface area (TPSA) is 98.1 Å². The Hall–Kier alpha value is -4.07. The predicted octanol–water partition coefficient (Wildman–Crippen LogP) is 2.00. The minimum absolute atomic E-state index is 0.226. The molecule has 0 spiro atoms. The van der Waals surface area contributed by atoms with Crippen molar-refractivity contribution < 1.29 is 9.53 Å². The van der Waals surface area contributed by atoms with Gasteiger partial charge in [-0.3, -0.25) is 9.59 Å². The maximum atomic E-state index is 13.0. The minimum Gasteiger partial charge on any atom is -0.497 e. The maximum Gasteiger partial charge on any atom is 0.333 e. The fourth-order valence-corrected chi connectivity index (χ4v) is 3.60. The Morgan fingerprint density at radius 2 is 1.87 bits per heavy atom. The molecule has 4 rings (SSSR count). The molecule has 1 amide bonds. The number of nitrogens with one attached hydrogen (secondary N) is 2. The largest absolute Gasteiger partial charge is 0.497 e. The van der Waals surface area contributed by atoms with Crippen LogP contribution in [-0.4, -0.2) is 33.7 Å². The lowest BCUT2D eigenvalue weighted by atomic mass is 10.1. The van der Waals surface area contributed by atoms with E-state index in [0.29, 0.717) is 18.7 Å². The summed E-state index contributed by atoms with van der Waals surface area (Å²) in [5.74, 6) is 0.395. The van der Waals surface area contributed by atoms with Crippen LogP contribution in [0.4, 0.5) is 0 Å². The van der Waals surface area contributed by atoms with E-state index >= 15 is 0 Å². The number of para-hydroxylation sites is 1. The van der Waals surface area contributed by atoms with Gasteiger partial charge in [-0.1, -0.05) is 30.3 Å². The van der Waals surface area contributed by atoms with Crippen molar-refractivity contribution in [2.45, 2.75) is 6.42 Å². The molecule has 0 aliphatic carbocycles. The molecule has 0 saturated carbocycles. The molecule has 8 heteroatoms. The summed E-state index contributed by atoms with van der Waals surface area (Å²) in [6, 6.07) is 16.3. The van der Waals surface area contributed by atoms with Crippen LogP contribution in [0.2, 0.25) is 0 Å². The normalized spacial score (nSPS) is 10.9. The van der Waals surface area contributed by atoms with E-state index < -0.39 is 11.2 Å². The van der Waals surface area contributed by atoms with Crippen LogP contribution in [0.15, 0.2) is 70.4 Å². The van der Waals surface area contributed by atoms with Gasteiger partial charge in [0.05, 0.1) is 23.9 Å². The van der Waals surface area contributed by atoms with Crippen LogP contribution in [0.5, 0.6) is 5.75 Å². The van der Waals surface area contributed by atoms with Crippen molar-refractivity contribution in [2.24, 2.45) is 7.05 Å². The van der Waals surface area contributed by atoms with E-state index in [1.807, 2.05) is 24.3 Å². The van der Waals surface area contributed by atoms with Crippen LogP contribution in [-0.2, 0) is 13.5 Å². The Balaban J connectivity index is 1.62. The zero-order chi connectivity index (χ0) is 22.0. The average Bonchev–Trinajstić information content (AvgIpc) is 3.11. The van der Waals surface area contributed by atoms with Crippen molar-refractivity contribution in [2.75, 3.05) is 13.7 Å². The number of nitrogens with zero attached hydrogens (tertiary/aromatic N) is 2. The van der Waals surface area contributed by atoms with Gasteiger partial charge in [-0.05, 0) is 36.2 Å². The second-order valence-electron chi connectivity index (χ2n) is 7.14. The first kappa shape index (κ1) is 20.2. The smallest absolute Gasteiger partial charge is 0.333 e. The summed E-state index contributed by atoms with van der Waals surface area (Å²) in [5, 5.41) is 2.85. The number of methoxy groups -OCH3 is 1. The number of carbonyl (C=O) groups excluding carboxylic acids is 1. The number of rotatable bonds is 6. The lowest BCUT2D eigenvalue weighted by Gasteiger charge is -2.07. The van der Waals surface area contributed by atoms with Crippen LogP contribution >= 0.6 is 0 Å². The van der Waals surface area contributed by atoms with Crippen molar-refractivity contribution in [3.8, 4) is 11.4 Å². The number of amides is 1. The van der Waals surface area contributed by atoms with Gasteiger partial charge in [-0.2, -0.15) is 0 Å². The molecule has 0 unspecified atom stereocenters. The molecular weight excluding hydrogens is 396 g/mol. The third kappa shape index (κ3) is 3.87. The van der Waals surface area contributed by atoms with Crippen molar-refractivity contribution in [1.82, 2.24) is 19.4 Å². The molecule has 0 radical (unpaired) electrons. The molecule has 2 heterocycles. The van der Waals surface area contributed by atoms with Crippen molar-refractivity contribution in [1.29, 1.82) is 0 Å². The summed E-state index contributed by atoms with van der Waals surface area (Å²) in [6.45, 7) is 0.397. The molecule has 0 aliphatic rings. The number of aryl methyl sites for hydroxylation is 1. The Labute approximate surface area is 177 Å². The van der Waals surface area contributed by atoms with Gasteiger partial charge in [-0.25, -0.2) is 9.36 Å². The van der Waals surface area contributed by atoms with E-state index in [1.54, 1.807) is 55.3 Å². The molecule has 0 saturated heterocycles. The zero-order valence-corrected chi connectivity index (χ0v) is 17.2. The summed E-state index contributed by atoms with van der Waals surface area (Å²) < 4.78 is 7.83. The number of aromatic amines is 1. The number of aromatic nitrogens is 3. The van der Waals surface area contributed by atoms with Crippen LogP contribution in [0.3, 0.4) is 0 Å². The highest BCUT2D eigenvalue weighted by Gasteiger charge is 2.20. The van der Waals surface area contributed by atoms with E-state index in [1.165, 1.54) is 0 Å². The molecule has 8 nitrogen and oxygen atoms in total. The monoisotopic (exact) mass is 418 g/mol. The predicted molar refractivity (Wildman–Crippen MR) is 118 cm³/mol. The standard InChI is InChI=1S/C23H22N4O4/c1-26-14-18(21(28)24-12-11-15-7-6-10-17(13-15)31-2)19-20(26)22(29)27(23(30)25-19)16-8-4-3-5-9-16/h3-10,13-14H,11-12H2,1-2H3,(H,24,28)(H,25,30). The highest BCUT2D eigenvalue weighted by Crippen LogP contribution is 2.16. The third-order valence-electron chi connectivity index (χ3n) is 5.11. The first-order valence-electron chi connectivity index (χ1n) is 9.80. The summed E-state index contributed by atoms with van der Waals surface area (Å²) in [4.78, 5) is 41.2. The SMILES string of the molecule is COc1cccc(CCNC(=O)c2cn(C)c3c(=O)n(-c4ccccc4)c(=O)[nH]c23)c1. The molecule has 0 fully saturated rings. The quantitative estimate of drug-likeness (QED) is 0.500. The van der Waals surface area contributed by atoms with E-state index in [-0.39, 0.29) is 22.5 Å². The minimum atomic E-state index is -0.597. The summed E-state index contributed by atoms with van der Waals surface area (Å²) >= 11 is 0. The Bertz CT molecular complexity index is 1370. The first-order chi connectivity index (χ1) is 15.0. The van der Waals surface area contributed by atoms with Crippen LogP contribution in [0.1, 0.15) is 15.9 Å². The van der Waals surface area contributed by atoms with Crippen LogP contribution in [0.25, 0.3) is 16.7 Å². The lowest BCUT2D eigenvalue weighted by molar-refractivity contribution is 0.0955. The van der Waals surface area contributed by atoms with Gasteiger partial charge in [0.25, 0.3) is 11.5 Å². The van der Waals surface area contributed by atoms with Gasteiger partial charge < -0.3 is 19.6 Å². The molecule has 2 aromatic heterocycles. The highest BCUT2D eigenvalue weighted by molar-refractivity contribution is 6.05. The van der Waals surface area contributed by atoms with Crippen molar-refractivity contribution in [3.05, 3.63) is 92.8 Å². The van der Waals surface area contributed by atoms with Crippen molar-refractivity contribution in [3.63, 3.8) is 0 Å². The van der Waals surface area contributed by atoms with E-state index in [2.05, 4.69) is 10.3 Å². The Morgan fingerprint density at radius 1 is 1.10 bits per heavy atom. The third-order valence-corrected chi connectivity index (χ3v) is 5.11. The Morgan fingerprint density at radius 3 is 2.61 bits per heavy atom. The number of benzene rings is 2. The highest BCUT2D eigenvalue weighted by atomic mass is 16.5. The van der Waals surface area contributed by atoms with E-state index in [0.717, 1.165) is 15.9 Å². The number of carbonyl (C=O) groups is 1. The molecule has 2 aromatic carbocycles. The molecule has 0 atom stereocenters. The van der Waals surface area contributed by atoms with E-state index in [4.69, 9.17) is 4.74 Å². The number of H-pyrrole nitrogens is 1. The molecular formula is C23H22N4O4. The van der Waals surface area contributed by atoms with Gasteiger partial charge in [-0.15, -0.1) is 0 Å². The van der Waals surface area contributed by atoms with Crippen LogP contribution in [0, 0.1) is 0 Å². The molecule has 2 N–H and O–H groups in total. The van der Waals surface area contributed by atoms with Gasteiger partial charge >= 0.3 is 5.69 Å². The molecule has 158 valence electrons. The van der Waals surface area contributed by atoms with Crippen molar-refractivity contribution >= 4 is 16.9 Å². The second kappa shape index (κ2) is 8.35. The van der Waals surface area contributed by atoms with E-state index in [9.17, 15) is 14.4 Å². The number of fused-ring (bicyclic) bond motifs is 1. The Kier molecular flexibility index (Phi) is 5.44. The molecule has 0 bridgehead atoms. The lowest BCUT2D eigenvalue weighted by Crippen LogP contribution is -2.34. The zero-order valence-electron chi connectivity index (χ0n) is 17.2. The first-order valence-corrected chi connectivity index (χ1v) is 9.80. The fourth-order valence-electron chi connectivity index (χ4n) is 3.60. The average molecular weight is 418 g/mol. The molecule has 4 aromatic rings. The molecule has 0 aliphatic heterocycles. The van der Waals surface area contributed by atoms with Gasteiger partial charge in [0.2, 0.25) is 0 Å². The number of hydrogen-bond acceptors (Lipinski definition) is 4. The maximum absolute atomic E-state index is 13.0.